The maximum atomic E-state index is 13.5. The first-order valence-corrected chi connectivity index (χ1v) is 10.9. The summed E-state index contributed by atoms with van der Waals surface area (Å²) in [4.78, 5) is 28.3. The standard InChI is InChI=1S/C27H29FN2O3/c1-19(2)27(32)30(18-20-13-15-23(28)16-14-20)25(21-9-5-4-6-10-21)26(31)29-17-22-11-7-8-12-24(22)33-3/h4-16,19,25H,17-18H2,1-3H3,(H,29,31)/t25-/m1/s1. The van der Waals surface area contributed by atoms with Gasteiger partial charge in [-0.15, -0.1) is 0 Å². The van der Waals surface area contributed by atoms with Crippen LogP contribution in [0.4, 0.5) is 4.39 Å². The number of para-hydroxylation sites is 1. The molecule has 2 amide bonds. The molecular formula is C27H29FN2O3. The molecule has 33 heavy (non-hydrogen) atoms. The number of hydrogen-bond donors (Lipinski definition) is 1. The molecule has 0 aliphatic rings. The van der Waals surface area contributed by atoms with Crippen LogP contribution in [0.3, 0.4) is 0 Å². The van der Waals surface area contributed by atoms with Gasteiger partial charge in [-0.2, -0.15) is 0 Å². The van der Waals surface area contributed by atoms with Crippen molar-refractivity contribution in [3.05, 3.63) is 101 Å². The van der Waals surface area contributed by atoms with Crippen LogP contribution in [0.5, 0.6) is 5.75 Å². The van der Waals surface area contributed by atoms with Gasteiger partial charge in [0.1, 0.15) is 17.6 Å². The normalized spacial score (nSPS) is 11.7. The molecule has 0 bridgehead atoms. The first-order valence-electron chi connectivity index (χ1n) is 10.9. The third-order valence-electron chi connectivity index (χ3n) is 5.36. The fraction of sp³-hybridized carbons (Fsp3) is 0.259. The monoisotopic (exact) mass is 448 g/mol. The number of hydrogen-bond acceptors (Lipinski definition) is 3. The van der Waals surface area contributed by atoms with E-state index in [0.717, 1.165) is 11.1 Å². The zero-order valence-corrected chi connectivity index (χ0v) is 19.1. The van der Waals surface area contributed by atoms with Gasteiger partial charge in [0.25, 0.3) is 0 Å². The average Bonchev–Trinajstić information content (AvgIpc) is 2.83. The van der Waals surface area contributed by atoms with E-state index in [2.05, 4.69) is 5.32 Å². The highest BCUT2D eigenvalue weighted by atomic mass is 19.1. The van der Waals surface area contributed by atoms with Crippen molar-refractivity contribution < 1.29 is 18.7 Å². The Hall–Kier alpha value is -3.67. The number of amides is 2. The molecule has 0 aromatic heterocycles. The third kappa shape index (κ3) is 6.19. The molecule has 3 rings (SSSR count). The van der Waals surface area contributed by atoms with Gasteiger partial charge in [-0.1, -0.05) is 74.5 Å². The third-order valence-corrected chi connectivity index (χ3v) is 5.36. The van der Waals surface area contributed by atoms with Crippen molar-refractivity contribution in [2.75, 3.05) is 7.11 Å². The van der Waals surface area contributed by atoms with Crippen LogP contribution < -0.4 is 10.1 Å². The molecule has 1 N–H and O–H groups in total. The zero-order chi connectivity index (χ0) is 23.8. The van der Waals surface area contributed by atoms with Crippen LogP contribution in [0.2, 0.25) is 0 Å². The quantitative estimate of drug-likeness (QED) is 0.508. The lowest BCUT2D eigenvalue weighted by Crippen LogP contribution is -2.44. The number of methoxy groups -OCH3 is 1. The van der Waals surface area contributed by atoms with Gasteiger partial charge in [-0.05, 0) is 29.3 Å². The predicted octanol–water partition coefficient (Wildman–Crippen LogP) is 4.88. The summed E-state index contributed by atoms with van der Waals surface area (Å²) in [5.41, 5.74) is 2.27. The Morgan fingerprint density at radius 2 is 1.58 bits per heavy atom. The number of nitrogens with zero attached hydrogens (tertiary/aromatic N) is 1. The van der Waals surface area contributed by atoms with Crippen molar-refractivity contribution in [2.24, 2.45) is 5.92 Å². The number of halogens is 1. The minimum atomic E-state index is -0.846. The molecule has 0 radical (unpaired) electrons. The number of ether oxygens (including phenoxy) is 1. The lowest BCUT2D eigenvalue weighted by atomic mass is 10.0. The molecule has 0 unspecified atom stereocenters. The smallest absolute Gasteiger partial charge is 0.247 e. The van der Waals surface area contributed by atoms with Crippen LogP contribution in [0.1, 0.15) is 36.6 Å². The Morgan fingerprint density at radius 1 is 0.939 bits per heavy atom. The average molecular weight is 449 g/mol. The van der Waals surface area contributed by atoms with E-state index in [1.54, 1.807) is 38.0 Å². The topological polar surface area (TPSA) is 58.6 Å². The lowest BCUT2D eigenvalue weighted by molar-refractivity contribution is -0.144. The first-order chi connectivity index (χ1) is 15.9. The molecule has 3 aromatic rings. The molecule has 1 atom stereocenters. The molecule has 0 heterocycles. The number of carbonyl (C=O) groups is 2. The molecule has 6 heteroatoms. The Balaban J connectivity index is 1.94. The van der Waals surface area contributed by atoms with E-state index in [1.807, 2.05) is 54.6 Å². The van der Waals surface area contributed by atoms with Crippen molar-refractivity contribution in [3.8, 4) is 5.75 Å². The molecule has 0 aliphatic carbocycles. The van der Waals surface area contributed by atoms with E-state index in [9.17, 15) is 14.0 Å². The largest absolute Gasteiger partial charge is 0.496 e. The van der Waals surface area contributed by atoms with E-state index in [4.69, 9.17) is 4.74 Å². The molecule has 3 aromatic carbocycles. The van der Waals surface area contributed by atoms with Crippen LogP contribution in [-0.4, -0.2) is 23.8 Å². The van der Waals surface area contributed by atoms with Gasteiger partial charge in [0.05, 0.1) is 7.11 Å². The second-order valence-electron chi connectivity index (χ2n) is 8.09. The molecular weight excluding hydrogens is 419 g/mol. The molecule has 0 fully saturated rings. The van der Waals surface area contributed by atoms with Gasteiger partial charge in [0.2, 0.25) is 11.8 Å². The van der Waals surface area contributed by atoms with Gasteiger partial charge in [-0.3, -0.25) is 9.59 Å². The van der Waals surface area contributed by atoms with Crippen LogP contribution in [0, 0.1) is 11.7 Å². The van der Waals surface area contributed by atoms with E-state index >= 15 is 0 Å². The molecule has 5 nitrogen and oxygen atoms in total. The van der Waals surface area contributed by atoms with Crippen LogP contribution in [0.15, 0.2) is 78.9 Å². The summed E-state index contributed by atoms with van der Waals surface area (Å²) in [5, 5.41) is 2.97. The van der Waals surface area contributed by atoms with Crippen molar-refractivity contribution in [1.82, 2.24) is 10.2 Å². The van der Waals surface area contributed by atoms with Gasteiger partial charge in [-0.25, -0.2) is 4.39 Å². The Labute approximate surface area is 194 Å². The van der Waals surface area contributed by atoms with Crippen molar-refractivity contribution >= 4 is 11.8 Å². The van der Waals surface area contributed by atoms with Crippen LogP contribution >= 0.6 is 0 Å². The number of rotatable bonds is 9. The summed E-state index contributed by atoms with van der Waals surface area (Å²) in [6, 6.07) is 21.8. The summed E-state index contributed by atoms with van der Waals surface area (Å²) in [6.07, 6.45) is 0. The van der Waals surface area contributed by atoms with E-state index in [1.165, 1.54) is 12.1 Å². The fourth-order valence-corrected chi connectivity index (χ4v) is 3.65. The second kappa shape index (κ2) is 11.3. The van der Waals surface area contributed by atoms with Gasteiger partial charge in [0.15, 0.2) is 0 Å². The van der Waals surface area contributed by atoms with E-state index in [0.29, 0.717) is 11.3 Å². The maximum absolute atomic E-state index is 13.5. The van der Waals surface area contributed by atoms with Crippen LogP contribution in [0.25, 0.3) is 0 Å². The van der Waals surface area contributed by atoms with Crippen molar-refractivity contribution in [2.45, 2.75) is 33.0 Å². The predicted molar refractivity (Wildman–Crippen MR) is 126 cm³/mol. The number of nitrogens with one attached hydrogen (secondary N) is 1. The fourth-order valence-electron chi connectivity index (χ4n) is 3.65. The molecule has 0 aliphatic heterocycles. The second-order valence-corrected chi connectivity index (χ2v) is 8.09. The van der Waals surface area contributed by atoms with Crippen LogP contribution in [-0.2, 0) is 22.7 Å². The van der Waals surface area contributed by atoms with Gasteiger partial charge >= 0.3 is 0 Å². The van der Waals surface area contributed by atoms with E-state index in [-0.39, 0.29) is 36.6 Å². The molecule has 0 spiro atoms. The minimum Gasteiger partial charge on any atom is -0.496 e. The highest BCUT2D eigenvalue weighted by Crippen LogP contribution is 2.26. The summed E-state index contributed by atoms with van der Waals surface area (Å²) in [7, 11) is 1.58. The summed E-state index contributed by atoms with van der Waals surface area (Å²) >= 11 is 0. The Kier molecular flexibility index (Phi) is 8.19. The SMILES string of the molecule is COc1ccccc1CNC(=O)[C@@H](c1ccccc1)N(Cc1ccc(F)cc1)C(=O)C(C)C. The minimum absolute atomic E-state index is 0.166. The van der Waals surface area contributed by atoms with E-state index < -0.39 is 6.04 Å². The maximum Gasteiger partial charge on any atom is 0.247 e. The van der Waals surface area contributed by atoms with Gasteiger partial charge < -0.3 is 15.0 Å². The summed E-state index contributed by atoms with van der Waals surface area (Å²) in [5.74, 6) is -0.465. The first kappa shape index (κ1) is 24.0. The highest BCUT2D eigenvalue weighted by molar-refractivity contribution is 5.89. The zero-order valence-electron chi connectivity index (χ0n) is 19.1. The highest BCUT2D eigenvalue weighted by Gasteiger charge is 2.32. The summed E-state index contributed by atoms with van der Waals surface area (Å²) < 4.78 is 18.8. The Morgan fingerprint density at radius 3 is 2.21 bits per heavy atom. The number of benzene rings is 3. The Bertz CT molecular complexity index is 1070. The van der Waals surface area contributed by atoms with Gasteiger partial charge in [0, 0.05) is 24.6 Å². The lowest BCUT2D eigenvalue weighted by Gasteiger charge is -2.33. The van der Waals surface area contributed by atoms with Crippen molar-refractivity contribution in [1.29, 1.82) is 0 Å². The van der Waals surface area contributed by atoms with Crippen molar-refractivity contribution in [3.63, 3.8) is 0 Å². The summed E-state index contributed by atoms with van der Waals surface area (Å²) in [6.45, 7) is 4.04. The molecule has 0 saturated heterocycles. The molecule has 0 saturated carbocycles. The number of carbonyl (C=O) groups excluding carboxylic acids is 2. The molecule has 172 valence electrons.